The largest absolute Gasteiger partial charge is 0.398 e. The number of fused-ring (bicyclic) bond motifs is 1. The lowest BCUT2D eigenvalue weighted by Gasteiger charge is -2.11. The highest BCUT2D eigenvalue weighted by Gasteiger charge is 2.11. The third-order valence-corrected chi connectivity index (χ3v) is 3.65. The fourth-order valence-electron chi connectivity index (χ4n) is 1.89. The van der Waals surface area contributed by atoms with Gasteiger partial charge in [0, 0.05) is 46.6 Å². The molecule has 0 spiro atoms. The molecule has 4 nitrogen and oxygen atoms in total. The van der Waals surface area contributed by atoms with E-state index in [1.54, 1.807) is 18.5 Å². The van der Waals surface area contributed by atoms with Crippen molar-refractivity contribution >= 4 is 33.1 Å². The molecule has 1 unspecified atom stereocenters. The molecule has 1 aromatic carbocycles. The molecule has 1 heterocycles. The average Bonchev–Trinajstić information content (AvgIpc) is 2.37. The summed E-state index contributed by atoms with van der Waals surface area (Å²) < 4.78 is 24.9. The van der Waals surface area contributed by atoms with Crippen LogP contribution < -0.4 is 11.1 Å². The number of nitrogens with zero attached hydrogens (tertiary/aromatic N) is 1. The van der Waals surface area contributed by atoms with E-state index in [0.717, 1.165) is 5.39 Å². The number of hydrogen-bond acceptors (Lipinski definition) is 4. The summed E-state index contributed by atoms with van der Waals surface area (Å²) in [4.78, 5) is 4.17. The molecular weight excluding hydrogens is 265 g/mol. The zero-order chi connectivity index (χ0) is 13.8. The summed E-state index contributed by atoms with van der Waals surface area (Å²) in [7, 11) is -0.829. The Morgan fingerprint density at radius 2 is 2.32 bits per heavy atom. The van der Waals surface area contributed by atoms with E-state index in [-0.39, 0.29) is 0 Å². The van der Waals surface area contributed by atoms with Crippen LogP contribution >= 0.6 is 0 Å². The highest BCUT2D eigenvalue weighted by molar-refractivity contribution is 7.84. The van der Waals surface area contributed by atoms with E-state index in [0.29, 0.717) is 35.6 Å². The maximum Gasteiger partial charge on any atom is 0.150 e. The number of nitrogens with one attached hydrogen (secondary N) is 1. The molecule has 2 aromatic rings. The molecule has 0 saturated carbocycles. The zero-order valence-electron chi connectivity index (χ0n) is 10.6. The lowest BCUT2D eigenvalue weighted by atomic mass is 10.1. The molecule has 2 rings (SSSR count). The molecule has 0 bridgehead atoms. The molecule has 102 valence electrons. The van der Waals surface area contributed by atoms with Crippen molar-refractivity contribution in [2.45, 2.75) is 6.42 Å². The van der Waals surface area contributed by atoms with E-state index in [9.17, 15) is 8.60 Å². The first kappa shape index (κ1) is 13.7. The predicted octanol–water partition coefficient (Wildman–Crippen LogP) is 2.14. The maximum absolute atomic E-state index is 13.9. The Bertz CT molecular complexity index is 618. The molecule has 3 N–H and O–H groups in total. The summed E-state index contributed by atoms with van der Waals surface area (Å²) in [5.74, 6) is 0.177. The minimum absolute atomic E-state index is 0.353. The number of nitrogens with two attached hydrogens (primary N) is 1. The van der Waals surface area contributed by atoms with Crippen LogP contribution in [0.2, 0.25) is 0 Å². The van der Waals surface area contributed by atoms with Crippen LogP contribution in [0.1, 0.15) is 6.42 Å². The van der Waals surface area contributed by atoms with Gasteiger partial charge in [-0.2, -0.15) is 0 Å². The van der Waals surface area contributed by atoms with Gasteiger partial charge in [-0.15, -0.1) is 0 Å². The molecule has 1 atom stereocenters. The Hall–Kier alpha value is -1.69. The molecule has 0 aliphatic rings. The minimum Gasteiger partial charge on any atom is -0.398 e. The van der Waals surface area contributed by atoms with Gasteiger partial charge in [-0.1, -0.05) is 0 Å². The van der Waals surface area contributed by atoms with E-state index in [1.807, 2.05) is 6.07 Å². The van der Waals surface area contributed by atoms with Crippen molar-refractivity contribution in [3.8, 4) is 0 Å². The van der Waals surface area contributed by atoms with Crippen LogP contribution in [-0.2, 0) is 10.8 Å². The first-order valence-corrected chi connectivity index (χ1v) is 7.69. The monoisotopic (exact) mass is 281 g/mol. The topological polar surface area (TPSA) is 68.0 Å². The van der Waals surface area contributed by atoms with E-state index in [4.69, 9.17) is 5.73 Å². The van der Waals surface area contributed by atoms with Crippen molar-refractivity contribution in [3.05, 3.63) is 30.2 Å². The van der Waals surface area contributed by atoms with Gasteiger partial charge in [0.1, 0.15) is 0 Å². The quantitative estimate of drug-likeness (QED) is 0.651. The van der Waals surface area contributed by atoms with Crippen molar-refractivity contribution in [2.24, 2.45) is 0 Å². The van der Waals surface area contributed by atoms with Crippen LogP contribution in [0.4, 0.5) is 15.8 Å². The number of anilines is 2. The normalized spacial score (nSPS) is 12.5. The second-order valence-corrected chi connectivity index (χ2v) is 5.83. The smallest absolute Gasteiger partial charge is 0.150 e. The first-order chi connectivity index (χ1) is 9.09. The second-order valence-electron chi connectivity index (χ2n) is 4.28. The molecule has 0 saturated heterocycles. The van der Waals surface area contributed by atoms with E-state index < -0.39 is 16.6 Å². The zero-order valence-corrected chi connectivity index (χ0v) is 11.5. The number of benzene rings is 1. The Morgan fingerprint density at radius 3 is 3.05 bits per heavy atom. The van der Waals surface area contributed by atoms with E-state index in [2.05, 4.69) is 10.3 Å². The van der Waals surface area contributed by atoms with Gasteiger partial charge in [0.25, 0.3) is 0 Å². The van der Waals surface area contributed by atoms with Gasteiger partial charge >= 0.3 is 0 Å². The lowest BCUT2D eigenvalue weighted by molar-refractivity contribution is 0.632. The maximum atomic E-state index is 13.9. The third-order valence-electron chi connectivity index (χ3n) is 2.79. The summed E-state index contributed by atoms with van der Waals surface area (Å²) in [6, 6.07) is 4.87. The SMILES string of the molecule is CS(=O)CCCNc1c(F)cc(N)c2cccnc12. The van der Waals surface area contributed by atoms with Crippen molar-refractivity contribution in [3.63, 3.8) is 0 Å². The van der Waals surface area contributed by atoms with Gasteiger partial charge in [0.2, 0.25) is 0 Å². The lowest BCUT2D eigenvalue weighted by Crippen LogP contribution is -2.08. The molecular formula is C13H16FN3OS. The van der Waals surface area contributed by atoms with Crippen molar-refractivity contribution < 1.29 is 8.60 Å². The summed E-state index contributed by atoms with van der Waals surface area (Å²) in [6.07, 6.45) is 3.97. The molecule has 0 aliphatic heterocycles. The summed E-state index contributed by atoms with van der Waals surface area (Å²) in [6.45, 7) is 0.548. The molecule has 1 aromatic heterocycles. The van der Waals surface area contributed by atoms with E-state index >= 15 is 0 Å². The number of aromatic nitrogens is 1. The molecule has 0 aliphatic carbocycles. The van der Waals surface area contributed by atoms with Gasteiger partial charge in [0.15, 0.2) is 5.82 Å². The number of nitrogen functional groups attached to an aromatic ring is 1. The van der Waals surface area contributed by atoms with Crippen LogP contribution in [0.15, 0.2) is 24.4 Å². The number of halogens is 1. The van der Waals surface area contributed by atoms with Gasteiger partial charge in [0.05, 0.1) is 11.2 Å². The summed E-state index contributed by atoms with van der Waals surface area (Å²) in [5, 5.41) is 3.74. The van der Waals surface area contributed by atoms with Crippen LogP contribution in [0.25, 0.3) is 10.9 Å². The third kappa shape index (κ3) is 3.20. The van der Waals surface area contributed by atoms with E-state index in [1.165, 1.54) is 6.07 Å². The number of hydrogen-bond donors (Lipinski definition) is 2. The summed E-state index contributed by atoms with van der Waals surface area (Å²) >= 11 is 0. The second kappa shape index (κ2) is 5.97. The Labute approximate surface area is 113 Å². The molecule has 19 heavy (non-hydrogen) atoms. The van der Waals surface area contributed by atoms with Gasteiger partial charge in [-0.3, -0.25) is 9.19 Å². The Balaban J connectivity index is 2.24. The molecule has 0 amide bonds. The highest BCUT2D eigenvalue weighted by atomic mass is 32.2. The molecule has 0 radical (unpaired) electrons. The van der Waals surface area contributed by atoms with Crippen LogP contribution in [0.5, 0.6) is 0 Å². The number of pyridine rings is 1. The standard InChI is InChI=1S/C13H16FN3OS/c1-19(18)7-3-6-17-13-10(14)8-11(15)9-4-2-5-16-12(9)13/h2,4-5,8,17H,3,6-7,15H2,1H3. The van der Waals surface area contributed by atoms with Crippen LogP contribution in [0.3, 0.4) is 0 Å². The Kier molecular flexibility index (Phi) is 4.31. The van der Waals surface area contributed by atoms with Crippen molar-refractivity contribution in [1.82, 2.24) is 4.98 Å². The van der Waals surface area contributed by atoms with Crippen LogP contribution in [0, 0.1) is 5.82 Å². The number of rotatable bonds is 5. The fraction of sp³-hybridized carbons (Fsp3) is 0.308. The average molecular weight is 281 g/mol. The Morgan fingerprint density at radius 1 is 1.53 bits per heavy atom. The minimum atomic E-state index is -0.829. The first-order valence-electron chi connectivity index (χ1n) is 5.96. The van der Waals surface area contributed by atoms with Gasteiger partial charge in [-0.25, -0.2) is 4.39 Å². The summed E-state index contributed by atoms with van der Waals surface area (Å²) in [5.41, 5.74) is 7.03. The molecule has 6 heteroatoms. The van der Waals surface area contributed by atoms with Crippen LogP contribution in [-0.4, -0.2) is 27.7 Å². The fourth-order valence-corrected chi connectivity index (χ4v) is 2.44. The van der Waals surface area contributed by atoms with Crippen molar-refractivity contribution in [1.29, 1.82) is 0 Å². The highest BCUT2D eigenvalue weighted by Crippen LogP contribution is 2.29. The predicted molar refractivity (Wildman–Crippen MR) is 78.2 cm³/mol. The van der Waals surface area contributed by atoms with Gasteiger partial charge < -0.3 is 11.1 Å². The molecule has 0 fully saturated rings. The van der Waals surface area contributed by atoms with Crippen molar-refractivity contribution in [2.75, 3.05) is 29.6 Å². The van der Waals surface area contributed by atoms with Gasteiger partial charge in [-0.05, 0) is 24.6 Å².